The number of rotatable bonds is 8. The molecule has 1 atom stereocenters. The second-order valence-corrected chi connectivity index (χ2v) is 7.41. The first-order chi connectivity index (χ1) is 12.5. The average Bonchev–Trinajstić information content (AvgIpc) is 2.64. The van der Waals surface area contributed by atoms with Gasteiger partial charge in [-0.2, -0.15) is 0 Å². The quantitative estimate of drug-likeness (QED) is 0.746. The Morgan fingerprint density at radius 2 is 2.04 bits per heavy atom. The van der Waals surface area contributed by atoms with Crippen LogP contribution in [0.5, 0.6) is 0 Å². The van der Waals surface area contributed by atoms with Gasteiger partial charge in [0.2, 0.25) is 5.91 Å². The Bertz CT molecular complexity index is 576. The van der Waals surface area contributed by atoms with E-state index in [0.717, 1.165) is 25.1 Å². The molecule has 3 N–H and O–H groups in total. The molecule has 1 unspecified atom stereocenters. The molecule has 1 aromatic carbocycles. The average molecular weight is 361 g/mol. The predicted octanol–water partition coefficient (Wildman–Crippen LogP) is 2.19. The van der Waals surface area contributed by atoms with Gasteiger partial charge in [-0.05, 0) is 44.7 Å². The molecule has 0 aromatic heterocycles. The molecular formula is C20H32N4O2. The van der Waals surface area contributed by atoms with Crippen molar-refractivity contribution in [2.75, 3.05) is 26.2 Å². The molecule has 0 spiro atoms. The molecular weight excluding hydrogens is 328 g/mol. The summed E-state index contributed by atoms with van der Waals surface area (Å²) in [4.78, 5) is 27.9. The summed E-state index contributed by atoms with van der Waals surface area (Å²) in [5.74, 6) is 0.0838. The van der Waals surface area contributed by atoms with Crippen molar-refractivity contribution < 1.29 is 9.59 Å². The predicted molar refractivity (Wildman–Crippen MR) is 103 cm³/mol. The lowest BCUT2D eigenvalue weighted by molar-refractivity contribution is -0.118. The van der Waals surface area contributed by atoms with Crippen molar-refractivity contribution in [3.63, 3.8) is 0 Å². The summed E-state index contributed by atoms with van der Waals surface area (Å²) in [6.45, 7) is 8.07. The van der Waals surface area contributed by atoms with E-state index >= 15 is 0 Å². The number of carbonyl (C=O) groups excluding carboxylic acids is 2. The number of urea groups is 1. The summed E-state index contributed by atoms with van der Waals surface area (Å²) in [5.41, 5.74) is 6.30. The fraction of sp³-hybridized carbons (Fsp3) is 0.600. The van der Waals surface area contributed by atoms with Crippen molar-refractivity contribution in [3.8, 4) is 0 Å². The third kappa shape index (κ3) is 6.67. The largest absolute Gasteiger partial charge is 0.370 e. The number of nitrogens with zero attached hydrogens (tertiary/aromatic N) is 2. The highest BCUT2D eigenvalue weighted by molar-refractivity contribution is 5.77. The Morgan fingerprint density at radius 3 is 2.69 bits per heavy atom. The number of nitrogens with two attached hydrogens (primary N) is 1. The van der Waals surface area contributed by atoms with Gasteiger partial charge in [0, 0.05) is 38.6 Å². The minimum Gasteiger partial charge on any atom is -0.370 e. The molecule has 1 fully saturated rings. The molecule has 6 heteroatoms. The van der Waals surface area contributed by atoms with Crippen molar-refractivity contribution in [2.24, 2.45) is 11.7 Å². The lowest BCUT2D eigenvalue weighted by Gasteiger charge is -2.35. The van der Waals surface area contributed by atoms with Crippen LogP contribution in [0, 0.1) is 5.92 Å². The summed E-state index contributed by atoms with van der Waals surface area (Å²) >= 11 is 0. The number of hydrogen-bond donors (Lipinski definition) is 2. The zero-order valence-electron chi connectivity index (χ0n) is 16.0. The molecule has 0 aliphatic carbocycles. The normalized spacial score (nSPS) is 17.9. The molecule has 1 aliphatic rings. The number of primary amides is 1. The van der Waals surface area contributed by atoms with E-state index in [1.165, 1.54) is 6.42 Å². The highest BCUT2D eigenvalue weighted by Gasteiger charge is 2.23. The Kier molecular flexibility index (Phi) is 7.91. The van der Waals surface area contributed by atoms with Crippen LogP contribution in [0.15, 0.2) is 30.3 Å². The molecule has 26 heavy (non-hydrogen) atoms. The molecule has 1 aromatic rings. The third-order valence-corrected chi connectivity index (χ3v) is 4.95. The van der Waals surface area contributed by atoms with Gasteiger partial charge < -0.3 is 20.9 Å². The van der Waals surface area contributed by atoms with E-state index in [1.54, 1.807) is 4.90 Å². The van der Waals surface area contributed by atoms with Crippen molar-refractivity contribution in [3.05, 3.63) is 35.9 Å². The first-order valence-electron chi connectivity index (χ1n) is 9.54. The Labute approximate surface area is 156 Å². The van der Waals surface area contributed by atoms with Gasteiger partial charge in [0.05, 0.1) is 0 Å². The standard InChI is InChI=1S/C20H32N4O2/c1-16(2)23-11-6-9-18(15-23)13-22-20(26)24(12-10-19(21)25)14-17-7-4-3-5-8-17/h3-5,7-8,16,18H,6,9-15H2,1-2H3,(H2,21,25)(H,22,26). The molecule has 0 bridgehead atoms. The second-order valence-electron chi connectivity index (χ2n) is 7.41. The van der Waals surface area contributed by atoms with Crippen LogP contribution in [0.2, 0.25) is 0 Å². The zero-order valence-corrected chi connectivity index (χ0v) is 16.0. The van der Waals surface area contributed by atoms with Crippen molar-refractivity contribution >= 4 is 11.9 Å². The van der Waals surface area contributed by atoms with Gasteiger partial charge >= 0.3 is 6.03 Å². The number of hydrogen-bond acceptors (Lipinski definition) is 3. The minimum atomic E-state index is -0.393. The molecule has 1 aliphatic heterocycles. The van der Waals surface area contributed by atoms with E-state index in [4.69, 9.17) is 5.73 Å². The number of benzene rings is 1. The van der Waals surface area contributed by atoms with Gasteiger partial charge in [-0.15, -0.1) is 0 Å². The first kappa shape index (κ1) is 20.2. The van der Waals surface area contributed by atoms with E-state index in [2.05, 4.69) is 24.1 Å². The first-order valence-corrected chi connectivity index (χ1v) is 9.54. The van der Waals surface area contributed by atoms with E-state index in [9.17, 15) is 9.59 Å². The SMILES string of the molecule is CC(C)N1CCCC(CNC(=O)N(CCC(N)=O)Cc2ccccc2)C1. The van der Waals surface area contributed by atoms with E-state index in [0.29, 0.717) is 31.6 Å². The van der Waals surface area contributed by atoms with Crippen LogP contribution in [-0.2, 0) is 11.3 Å². The number of piperidine rings is 1. The molecule has 0 saturated carbocycles. The monoisotopic (exact) mass is 360 g/mol. The molecule has 1 heterocycles. The fourth-order valence-corrected chi connectivity index (χ4v) is 3.38. The van der Waals surface area contributed by atoms with Crippen LogP contribution in [0.3, 0.4) is 0 Å². The van der Waals surface area contributed by atoms with Gasteiger partial charge in [0.15, 0.2) is 0 Å². The van der Waals surface area contributed by atoms with Crippen LogP contribution in [0.25, 0.3) is 0 Å². The third-order valence-electron chi connectivity index (χ3n) is 4.95. The number of likely N-dealkylation sites (tertiary alicyclic amines) is 1. The fourth-order valence-electron chi connectivity index (χ4n) is 3.38. The number of amides is 3. The molecule has 0 radical (unpaired) electrons. The molecule has 2 rings (SSSR count). The maximum absolute atomic E-state index is 12.7. The van der Waals surface area contributed by atoms with Crippen LogP contribution in [-0.4, -0.2) is 54.0 Å². The van der Waals surface area contributed by atoms with Crippen LogP contribution >= 0.6 is 0 Å². The summed E-state index contributed by atoms with van der Waals surface area (Å²) in [6, 6.07) is 10.2. The van der Waals surface area contributed by atoms with E-state index < -0.39 is 5.91 Å². The van der Waals surface area contributed by atoms with Crippen molar-refractivity contribution in [1.82, 2.24) is 15.1 Å². The maximum atomic E-state index is 12.7. The molecule has 1 saturated heterocycles. The van der Waals surface area contributed by atoms with Gasteiger partial charge in [-0.1, -0.05) is 30.3 Å². The summed E-state index contributed by atoms with van der Waals surface area (Å²) in [6.07, 6.45) is 2.49. The van der Waals surface area contributed by atoms with Gasteiger partial charge in [-0.3, -0.25) is 4.79 Å². The van der Waals surface area contributed by atoms with Crippen LogP contribution < -0.4 is 11.1 Å². The highest BCUT2D eigenvalue weighted by Crippen LogP contribution is 2.18. The summed E-state index contributed by atoms with van der Waals surface area (Å²) in [5, 5.41) is 3.06. The Hall–Kier alpha value is -2.08. The van der Waals surface area contributed by atoms with Gasteiger partial charge in [0.25, 0.3) is 0 Å². The topological polar surface area (TPSA) is 78.7 Å². The van der Waals surface area contributed by atoms with Crippen LogP contribution in [0.1, 0.15) is 38.7 Å². The highest BCUT2D eigenvalue weighted by atomic mass is 16.2. The van der Waals surface area contributed by atoms with Gasteiger partial charge in [0.1, 0.15) is 0 Å². The number of carbonyl (C=O) groups is 2. The lowest BCUT2D eigenvalue weighted by Crippen LogP contribution is -2.47. The van der Waals surface area contributed by atoms with Crippen LogP contribution in [0.4, 0.5) is 4.79 Å². The lowest BCUT2D eigenvalue weighted by atomic mass is 9.97. The zero-order chi connectivity index (χ0) is 18.9. The van der Waals surface area contributed by atoms with E-state index in [-0.39, 0.29) is 12.5 Å². The summed E-state index contributed by atoms with van der Waals surface area (Å²) < 4.78 is 0. The smallest absolute Gasteiger partial charge is 0.317 e. The summed E-state index contributed by atoms with van der Waals surface area (Å²) in [7, 11) is 0. The maximum Gasteiger partial charge on any atom is 0.317 e. The Morgan fingerprint density at radius 1 is 1.31 bits per heavy atom. The Balaban J connectivity index is 1.89. The molecule has 3 amide bonds. The van der Waals surface area contributed by atoms with Crippen molar-refractivity contribution in [1.29, 1.82) is 0 Å². The van der Waals surface area contributed by atoms with Gasteiger partial charge in [-0.25, -0.2) is 4.79 Å². The molecule has 144 valence electrons. The number of nitrogens with one attached hydrogen (secondary N) is 1. The van der Waals surface area contributed by atoms with Crippen molar-refractivity contribution in [2.45, 2.75) is 45.7 Å². The second kappa shape index (κ2) is 10.2. The van der Waals surface area contributed by atoms with E-state index in [1.807, 2.05) is 30.3 Å². The molecule has 6 nitrogen and oxygen atoms in total. The minimum absolute atomic E-state index is 0.128.